The number of rotatable bonds is 5. The van der Waals surface area contributed by atoms with E-state index >= 15 is 0 Å². The number of hydrogen-bond donors (Lipinski definition) is 1. The molecule has 0 unspecified atom stereocenters. The molecule has 90 valence electrons. The zero-order valence-corrected chi connectivity index (χ0v) is 9.84. The van der Waals surface area contributed by atoms with E-state index in [4.69, 9.17) is 9.84 Å². The summed E-state index contributed by atoms with van der Waals surface area (Å²) >= 11 is 0. The summed E-state index contributed by atoms with van der Waals surface area (Å²) in [4.78, 5) is 11.1. The molecule has 0 atom stereocenters. The fourth-order valence-electron chi connectivity index (χ4n) is 1.06. The van der Waals surface area contributed by atoms with Gasteiger partial charge in [0.05, 0.1) is 6.10 Å². The molecule has 0 saturated heterocycles. The first kappa shape index (κ1) is 12.6. The van der Waals surface area contributed by atoms with Gasteiger partial charge in [0, 0.05) is 0 Å². The van der Waals surface area contributed by atoms with Crippen LogP contribution in [0.5, 0.6) is 0 Å². The van der Waals surface area contributed by atoms with E-state index in [1.165, 1.54) is 18.5 Å². The van der Waals surface area contributed by atoms with Crippen LogP contribution in [0.25, 0.3) is 0 Å². The summed E-state index contributed by atoms with van der Waals surface area (Å²) in [5.74, 6) is -0.591. The van der Waals surface area contributed by atoms with E-state index in [9.17, 15) is 4.79 Å². The maximum Gasteiger partial charge on any atom is 0.331 e. The fourth-order valence-corrected chi connectivity index (χ4v) is 1.06. The number of aromatic nitrogens is 4. The van der Waals surface area contributed by atoms with Gasteiger partial charge in [-0.25, -0.2) is 9.48 Å². The van der Waals surface area contributed by atoms with Gasteiger partial charge in [-0.2, -0.15) is 0 Å². The van der Waals surface area contributed by atoms with E-state index in [-0.39, 0.29) is 12.7 Å². The number of ether oxygens (including phenoxy) is 1. The van der Waals surface area contributed by atoms with Crippen molar-refractivity contribution in [2.45, 2.75) is 45.9 Å². The van der Waals surface area contributed by atoms with Crippen molar-refractivity contribution in [2.75, 3.05) is 0 Å². The van der Waals surface area contributed by atoms with Crippen molar-refractivity contribution >= 4 is 5.97 Å². The Morgan fingerprint density at radius 3 is 2.69 bits per heavy atom. The van der Waals surface area contributed by atoms with E-state index < -0.39 is 11.5 Å². The van der Waals surface area contributed by atoms with Crippen LogP contribution in [0.3, 0.4) is 0 Å². The number of carboxylic acid groups (broad SMARTS) is 1. The Hall–Kier alpha value is -1.50. The van der Waals surface area contributed by atoms with Gasteiger partial charge >= 0.3 is 5.97 Å². The highest BCUT2D eigenvalue weighted by atomic mass is 16.5. The number of aliphatic carboxylic acids is 1. The van der Waals surface area contributed by atoms with Crippen LogP contribution in [-0.4, -0.2) is 37.4 Å². The van der Waals surface area contributed by atoms with Crippen LogP contribution < -0.4 is 0 Å². The molecule has 1 N–H and O–H groups in total. The summed E-state index contributed by atoms with van der Waals surface area (Å²) in [5.41, 5.74) is -1.18. The van der Waals surface area contributed by atoms with Crippen molar-refractivity contribution < 1.29 is 14.6 Å². The quantitative estimate of drug-likeness (QED) is 0.785. The Morgan fingerprint density at radius 1 is 1.56 bits per heavy atom. The summed E-state index contributed by atoms with van der Waals surface area (Å²) < 4.78 is 6.61. The normalized spacial score (nSPS) is 12.1. The maximum absolute atomic E-state index is 11.1. The third-order valence-corrected chi connectivity index (χ3v) is 2.13. The van der Waals surface area contributed by atoms with Crippen molar-refractivity contribution in [1.82, 2.24) is 20.2 Å². The Balaban J connectivity index is 2.90. The molecule has 1 aromatic rings. The van der Waals surface area contributed by atoms with Gasteiger partial charge in [0.2, 0.25) is 0 Å². The van der Waals surface area contributed by atoms with Crippen LogP contribution in [0.2, 0.25) is 0 Å². The van der Waals surface area contributed by atoms with Crippen molar-refractivity contribution in [3.05, 3.63) is 5.82 Å². The molecule has 1 rings (SSSR count). The summed E-state index contributed by atoms with van der Waals surface area (Å²) in [6.45, 7) is 7.03. The second-order valence-corrected chi connectivity index (χ2v) is 4.23. The summed E-state index contributed by atoms with van der Waals surface area (Å²) in [7, 11) is 0. The lowest BCUT2D eigenvalue weighted by Crippen LogP contribution is -2.38. The van der Waals surface area contributed by atoms with Crippen molar-refractivity contribution in [3.8, 4) is 0 Å². The lowest BCUT2D eigenvalue weighted by Gasteiger charge is -2.20. The smallest absolute Gasteiger partial charge is 0.331 e. The minimum Gasteiger partial charge on any atom is -0.479 e. The number of carboxylic acids is 1. The molecular weight excluding hydrogens is 212 g/mol. The summed E-state index contributed by atoms with van der Waals surface area (Å²) in [6, 6.07) is 0. The molecule has 0 saturated carbocycles. The first-order chi connectivity index (χ1) is 7.35. The average Bonchev–Trinajstić information content (AvgIpc) is 2.62. The number of nitrogens with zero attached hydrogens (tertiary/aromatic N) is 4. The zero-order valence-electron chi connectivity index (χ0n) is 9.84. The molecule has 7 heteroatoms. The monoisotopic (exact) mass is 228 g/mol. The largest absolute Gasteiger partial charge is 0.479 e. The van der Waals surface area contributed by atoms with Gasteiger partial charge in [0.25, 0.3) is 0 Å². The van der Waals surface area contributed by atoms with Gasteiger partial charge < -0.3 is 9.84 Å². The van der Waals surface area contributed by atoms with E-state index in [2.05, 4.69) is 15.5 Å². The molecule has 0 amide bonds. The minimum atomic E-state index is -1.18. The van der Waals surface area contributed by atoms with E-state index in [0.29, 0.717) is 5.82 Å². The molecule has 16 heavy (non-hydrogen) atoms. The Kier molecular flexibility index (Phi) is 3.58. The van der Waals surface area contributed by atoms with Crippen LogP contribution in [0.1, 0.15) is 33.5 Å². The van der Waals surface area contributed by atoms with Gasteiger partial charge in [-0.1, -0.05) is 0 Å². The molecule has 0 fully saturated rings. The lowest BCUT2D eigenvalue weighted by atomic mass is 10.1. The molecule has 1 aromatic heterocycles. The number of tetrazole rings is 1. The summed E-state index contributed by atoms with van der Waals surface area (Å²) in [5, 5.41) is 20.0. The molecule has 0 aliphatic carbocycles. The topological polar surface area (TPSA) is 90.1 Å². The highest BCUT2D eigenvalue weighted by Crippen LogP contribution is 2.15. The zero-order chi connectivity index (χ0) is 12.3. The molecule has 1 heterocycles. The molecule has 0 radical (unpaired) electrons. The second kappa shape index (κ2) is 4.56. The van der Waals surface area contributed by atoms with Crippen LogP contribution in [0.4, 0.5) is 0 Å². The van der Waals surface area contributed by atoms with Gasteiger partial charge in [-0.05, 0) is 38.1 Å². The highest BCUT2D eigenvalue weighted by Gasteiger charge is 2.33. The minimum absolute atomic E-state index is 0.0399. The van der Waals surface area contributed by atoms with E-state index in [1.54, 1.807) is 0 Å². The first-order valence-electron chi connectivity index (χ1n) is 4.98. The summed E-state index contributed by atoms with van der Waals surface area (Å²) in [6.07, 6.45) is 0.0399. The predicted octanol–water partition coefficient (Wildman–Crippen LogP) is 0.418. The van der Waals surface area contributed by atoms with E-state index in [1.807, 2.05) is 13.8 Å². The number of hydrogen-bond acceptors (Lipinski definition) is 5. The lowest BCUT2D eigenvalue weighted by molar-refractivity contribution is -0.146. The average molecular weight is 228 g/mol. The van der Waals surface area contributed by atoms with Crippen LogP contribution >= 0.6 is 0 Å². The Bertz CT molecular complexity index is 373. The molecule has 0 aliphatic rings. The molecule has 7 nitrogen and oxygen atoms in total. The van der Waals surface area contributed by atoms with Gasteiger partial charge in [0.15, 0.2) is 11.4 Å². The second-order valence-electron chi connectivity index (χ2n) is 4.23. The molecular formula is C9H16N4O3. The van der Waals surface area contributed by atoms with Crippen LogP contribution in [0.15, 0.2) is 0 Å². The Labute approximate surface area is 93.4 Å². The fraction of sp³-hybridized carbons (Fsp3) is 0.778. The predicted molar refractivity (Wildman–Crippen MR) is 54.7 cm³/mol. The number of carbonyl (C=O) groups is 1. The first-order valence-corrected chi connectivity index (χ1v) is 4.98. The van der Waals surface area contributed by atoms with E-state index in [0.717, 1.165) is 0 Å². The molecule has 0 spiro atoms. The molecule has 0 aliphatic heterocycles. The van der Waals surface area contributed by atoms with Crippen molar-refractivity contribution in [1.29, 1.82) is 0 Å². The SMILES string of the molecule is CC(C)OCc1nnnn1C(C)(C)C(=O)O. The third-order valence-electron chi connectivity index (χ3n) is 2.13. The van der Waals surface area contributed by atoms with Crippen LogP contribution in [-0.2, 0) is 21.7 Å². The van der Waals surface area contributed by atoms with Crippen molar-refractivity contribution in [3.63, 3.8) is 0 Å². The van der Waals surface area contributed by atoms with Gasteiger partial charge in [-0.15, -0.1) is 5.10 Å². The van der Waals surface area contributed by atoms with Gasteiger partial charge in [-0.3, -0.25) is 0 Å². The Morgan fingerprint density at radius 2 is 2.19 bits per heavy atom. The van der Waals surface area contributed by atoms with Gasteiger partial charge in [0.1, 0.15) is 6.61 Å². The van der Waals surface area contributed by atoms with Crippen molar-refractivity contribution in [2.24, 2.45) is 0 Å². The molecule has 0 aromatic carbocycles. The standard InChI is InChI=1S/C9H16N4O3/c1-6(2)16-5-7-10-11-12-13(7)9(3,4)8(14)15/h6H,5H2,1-4H3,(H,14,15). The highest BCUT2D eigenvalue weighted by molar-refractivity contribution is 5.75. The third kappa shape index (κ3) is 2.54. The maximum atomic E-state index is 11.1. The van der Waals surface area contributed by atoms with Crippen LogP contribution in [0, 0.1) is 0 Å². The molecule has 0 bridgehead atoms.